The maximum absolute atomic E-state index is 12.2. The predicted octanol–water partition coefficient (Wildman–Crippen LogP) is 1.25. The van der Waals surface area contributed by atoms with E-state index in [0.717, 1.165) is 10.0 Å². The molecular formula is C12H18BrN3O2S. The Hall–Kier alpha value is -0.470. The highest BCUT2D eigenvalue weighted by molar-refractivity contribution is 9.10. The van der Waals surface area contributed by atoms with Crippen LogP contribution in [0.2, 0.25) is 0 Å². The molecule has 1 aliphatic rings. The normalized spacial score (nSPS) is 19.3. The predicted molar refractivity (Wildman–Crippen MR) is 79.1 cm³/mol. The highest BCUT2D eigenvalue weighted by atomic mass is 79.9. The topological polar surface area (TPSA) is 61.4 Å². The summed E-state index contributed by atoms with van der Waals surface area (Å²) in [6, 6.07) is 7.40. The first-order valence-electron chi connectivity index (χ1n) is 6.22. The zero-order chi connectivity index (χ0) is 13.9. The first-order chi connectivity index (χ1) is 8.99. The van der Waals surface area contributed by atoms with Crippen molar-refractivity contribution in [3.63, 3.8) is 0 Å². The van der Waals surface area contributed by atoms with E-state index >= 15 is 0 Å². The summed E-state index contributed by atoms with van der Waals surface area (Å²) >= 11 is 3.36. The smallest absolute Gasteiger partial charge is 0.280 e. The van der Waals surface area contributed by atoms with Crippen LogP contribution in [0.5, 0.6) is 0 Å². The first kappa shape index (κ1) is 14.9. The van der Waals surface area contributed by atoms with Gasteiger partial charge < -0.3 is 5.32 Å². The number of hydrogen-bond acceptors (Lipinski definition) is 3. The number of piperazine rings is 1. The van der Waals surface area contributed by atoms with E-state index in [2.05, 4.69) is 26.0 Å². The molecule has 0 spiro atoms. The molecule has 1 aromatic rings. The molecule has 0 aromatic heterocycles. The van der Waals surface area contributed by atoms with E-state index in [-0.39, 0.29) is 6.04 Å². The molecule has 1 atom stereocenters. The standard InChI is InChI=1S/C12H18BrN3O2S/c1-10(11-2-4-12(13)5-3-11)15-19(17,18)16-8-6-14-7-9-16/h2-5,10,14-15H,6-9H2,1H3/t10-/m0/s1. The van der Waals surface area contributed by atoms with Gasteiger partial charge in [0.1, 0.15) is 0 Å². The van der Waals surface area contributed by atoms with E-state index < -0.39 is 10.2 Å². The van der Waals surface area contributed by atoms with Gasteiger partial charge in [-0.15, -0.1) is 0 Å². The zero-order valence-electron chi connectivity index (χ0n) is 10.8. The van der Waals surface area contributed by atoms with E-state index in [9.17, 15) is 8.42 Å². The highest BCUT2D eigenvalue weighted by Crippen LogP contribution is 2.18. The summed E-state index contributed by atoms with van der Waals surface area (Å²) in [5.74, 6) is 0. The molecule has 7 heteroatoms. The molecule has 19 heavy (non-hydrogen) atoms. The van der Waals surface area contributed by atoms with Crippen molar-refractivity contribution in [3.05, 3.63) is 34.3 Å². The average molecular weight is 348 g/mol. The van der Waals surface area contributed by atoms with Crippen LogP contribution in [0, 0.1) is 0 Å². The maximum Gasteiger partial charge on any atom is 0.280 e. The van der Waals surface area contributed by atoms with Gasteiger partial charge in [0.15, 0.2) is 0 Å². The summed E-state index contributed by atoms with van der Waals surface area (Å²) in [5.41, 5.74) is 0.946. The molecule has 0 bridgehead atoms. The summed E-state index contributed by atoms with van der Waals surface area (Å²) in [6.45, 7) is 4.29. The molecule has 1 heterocycles. The number of benzene rings is 1. The average Bonchev–Trinajstić information content (AvgIpc) is 2.40. The fourth-order valence-corrected chi connectivity index (χ4v) is 3.66. The van der Waals surface area contributed by atoms with Crippen molar-refractivity contribution in [2.45, 2.75) is 13.0 Å². The van der Waals surface area contributed by atoms with E-state index in [0.29, 0.717) is 26.2 Å². The molecule has 2 rings (SSSR count). The van der Waals surface area contributed by atoms with Gasteiger partial charge >= 0.3 is 0 Å². The number of nitrogens with zero attached hydrogens (tertiary/aromatic N) is 1. The Morgan fingerprint density at radius 3 is 2.42 bits per heavy atom. The van der Waals surface area contributed by atoms with Crippen molar-refractivity contribution >= 4 is 26.1 Å². The van der Waals surface area contributed by atoms with Crippen molar-refractivity contribution in [2.24, 2.45) is 0 Å². The van der Waals surface area contributed by atoms with Crippen molar-refractivity contribution < 1.29 is 8.42 Å². The summed E-state index contributed by atoms with van der Waals surface area (Å²) in [4.78, 5) is 0. The third-order valence-corrected chi connectivity index (χ3v) is 5.34. The Kier molecular flexibility index (Phi) is 4.97. The molecule has 0 aliphatic carbocycles. The van der Waals surface area contributed by atoms with Gasteiger partial charge in [-0.2, -0.15) is 17.4 Å². The van der Waals surface area contributed by atoms with E-state index in [1.54, 1.807) is 0 Å². The fourth-order valence-electron chi connectivity index (χ4n) is 2.00. The van der Waals surface area contributed by atoms with Gasteiger partial charge in [0.2, 0.25) is 0 Å². The van der Waals surface area contributed by atoms with Crippen LogP contribution < -0.4 is 10.0 Å². The summed E-state index contributed by atoms with van der Waals surface area (Å²) in [6.07, 6.45) is 0. The lowest BCUT2D eigenvalue weighted by Crippen LogP contribution is -2.50. The van der Waals surface area contributed by atoms with Gasteiger partial charge in [-0.25, -0.2) is 0 Å². The van der Waals surface area contributed by atoms with Crippen LogP contribution in [0.4, 0.5) is 0 Å². The van der Waals surface area contributed by atoms with Gasteiger partial charge in [-0.3, -0.25) is 0 Å². The van der Waals surface area contributed by atoms with Crippen LogP contribution in [-0.4, -0.2) is 38.9 Å². The van der Waals surface area contributed by atoms with Crippen molar-refractivity contribution in [2.75, 3.05) is 26.2 Å². The Balaban J connectivity index is 2.04. The van der Waals surface area contributed by atoms with Gasteiger partial charge in [0.05, 0.1) is 0 Å². The molecule has 0 saturated carbocycles. The first-order valence-corrected chi connectivity index (χ1v) is 8.46. The highest BCUT2D eigenvalue weighted by Gasteiger charge is 2.25. The van der Waals surface area contributed by atoms with Crippen molar-refractivity contribution in [3.8, 4) is 0 Å². The molecule has 106 valence electrons. The largest absolute Gasteiger partial charge is 0.314 e. The summed E-state index contributed by atoms with van der Waals surface area (Å²) in [7, 11) is -3.41. The Labute approximate surface area is 122 Å². The lowest BCUT2D eigenvalue weighted by molar-refractivity contribution is 0.352. The summed E-state index contributed by atoms with van der Waals surface area (Å²) < 4.78 is 29.6. The molecule has 2 N–H and O–H groups in total. The number of rotatable bonds is 4. The lowest BCUT2D eigenvalue weighted by Gasteiger charge is -2.28. The SMILES string of the molecule is C[C@H](NS(=O)(=O)N1CCNCC1)c1ccc(Br)cc1. The van der Waals surface area contributed by atoms with Crippen LogP contribution in [-0.2, 0) is 10.2 Å². The van der Waals surface area contributed by atoms with E-state index in [4.69, 9.17) is 0 Å². The molecule has 0 radical (unpaired) electrons. The monoisotopic (exact) mass is 347 g/mol. The molecule has 1 aromatic carbocycles. The fraction of sp³-hybridized carbons (Fsp3) is 0.500. The zero-order valence-corrected chi connectivity index (χ0v) is 13.2. The quantitative estimate of drug-likeness (QED) is 0.861. The third-order valence-electron chi connectivity index (χ3n) is 3.11. The second kappa shape index (κ2) is 6.32. The van der Waals surface area contributed by atoms with Crippen LogP contribution in [0.15, 0.2) is 28.7 Å². The van der Waals surface area contributed by atoms with Crippen LogP contribution in [0.1, 0.15) is 18.5 Å². The second-order valence-electron chi connectivity index (χ2n) is 4.55. The Bertz CT molecular complexity index is 512. The number of nitrogens with one attached hydrogen (secondary N) is 2. The maximum atomic E-state index is 12.2. The molecule has 1 fully saturated rings. The van der Waals surface area contributed by atoms with Crippen molar-refractivity contribution in [1.29, 1.82) is 0 Å². The summed E-state index contributed by atoms with van der Waals surface area (Å²) in [5, 5.41) is 3.14. The molecule has 0 unspecified atom stereocenters. The molecule has 1 saturated heterocycles. The van der Waals surface area contributed by atoms with Gasteiger partial charge in [-0.05, 0) is 24.6 Å². The minimum atomic E-state index is -3.41. The van der Waals surface area contributed by atoms with Crippen LogP contribution in [0.25, 0.3) is 0 Å². The van der Waals surface area contributed by atoms with Gasteiger partial charge in [0, 0.05) is 36.7 Å². The molecule has 1 aliphatic heterocycles. The molecule has 0 amide bonds. The van der Waals surface area contributed by atoms with Crippen LogP contribution in [0.3, 0.4) is 0 Å². The molecular weight excluding hydrogens is 330 g/mol. The number of halogens is 1. The second-order valence-corrected chi connectivity index (χ2v) is 7.16. The van der Waals surface area contributed by atoms with Gasteiger partial charge in [0.25, 0.3) is 10.2 Å². The lowest BCUT2D eigenvalue weighted by atomic mass is 10.1. The minimum absolute atomic E-state index is 0.243. The minimum Gasteiger partial charge on any atom is -0.314 e. The Morgan fingerprint density at radius 2 is 1.84 bits per heavy atom. The number of hydrogen-bond donors (Lipinski definition) is 2. The van der Waals surface area contributed by atoms with E-state index in [1.165, 1.54) is 4.31 Å². The van der Waals surface area contributed by atoms with Gasteiger partial charge in [-0.1, -0.05) is 28.1 Å². The van der Waals surface area contributed by atoms with E-state index in [1.807, 2.05) is 31.2 Å². The third kappa shape index (κ3) is 4.00. The molecule has 5 nitrogen and oxygen atoms in total. The van der Waals surface area contributed by atoms with Crippen LogP contribution >= 0.6 is 15.9 Å². The Morgan fingerprint density at radius 1 is 1.26 bits per heavy atom. The van der Waals surface area contributed by atoms with Crippen molar-refractivity contribution in [1.82, 2.24) is 14.3 Å².